The maximum atomic E-state index is 12.7. The average Bonchev–Trinajstić information content (AvgIpc) is 3.22. The van der Waals surface area contributed by atoms with Crippen LogP contribution in [-0.2, 0) is 17.5 Å². The number of hydrogen-bond acceptors (Lipinski definition) is 5. The molecule has 3 rings (SSSR count). The molecular formula is C19H25F3IN5OS. The number of guanidine groups is 1. The number of nitrogens with one attached hydrogen (secondary N) is 2. The first-order chi connectivity index (χ1) is 14.0. The Balaban J connectivity index is 0.00000320. The van der Waals surface area contributed by atoms with Crippen LogP contribution in [0, 0.1) is 0 Å². The number of benzene rings is 1. The van der Waals surface area contributed by atoms with Crippen molar-refractivity contribution in [2.75, 3.05) is 39.9 Å². The molecule has 2 heterocycles. The van der Waals surface area contributed by atoms with Crippen LogP contribution in [0.25, 0.3) is 0 Å². The highest BCUT2D eigenvalue weighted by Gasteiger charge is 2.33. The van der Waals surface area contributed by atoms with Crippen LogP contribution in [-0.4, -0.2) is 55.7 Å². The summed E-state index contributed by atoms with van der Waals surface area (Å²) in [4.78, 5) is 10.2. The summed E-state index contributed by atoms with van der Waals surface area (Å²) in [6.07, 6.45) is -4.42. The van der Waals surface area contributed by atoms with Crippen LogP contribution >= 0.6 is 35.3 Å². The van der Waals surface area contributed by atoms with E-state index in [1.54, 1.807) is 7.05 Å². The summed E-state index contributed by atoms with van der Waals surface area (Å²) in [7, 11) is 1.63. The van der Waals surface area contributed by atoms with Crippen LogP contribution in [0.15, 0.2) is 40.7 Å². The van der Waals surface area contributed by atoms with Gasteiger partial charge in [0.05, 0.1) is 25.8 Å². The number of aromatic nitrogens is 1. The molecule has 6 nitrogen and oxygen atoms in total. The van der Waals surface area contributed by atoms with Gasteiger partial charge in [0.2, 0.25) is 0 Å². The Morgan fingerprint density at radius 2 is 1.93 bits per heavy atom. The van der Waals surface area contributed by atoms with Gasteiger partial charge in [0.25, 0.3) is 0 Å². The van der Waals surface area contributed by atoms with E-state index < -0.39 is 11.9 Å². The van der Waals surface area contributed by atoms with Crippen LogP contribution in [0.2, 0.25) is 0 Å². The summed E-state index contributed by atoms with van der Waals surface area (Å²) in [5.74, 6) is 0.517. The number of thiazole rings is 1. The van der Waals surface area contributed by atoms with E-state index in [1.807, 2.05) is 18.2 Å². The van der Waals surface area contributed by atoms with Crippen molar-refractivity contribution in [1.29, 1.82) is 0 Å². The summed E-state index contributed by atoms with van der Waals surface area (Å²) in [5.41, 5.74) is 0.325. The van der Waals surface area contributed by atoms with Crippen molar-refractivity contribution in [3.8, 4) is 0 Å². The smallest absolute Gasteiger partial charge is 0.379 e. The lowest BCUT2D eigenvalue weighted by molar-refractivity contribution is -0.140. The highest BCUT2D eigenvalue weighted by Crippen LogP contribution is 2.29. The monoisotopic (exact) mass is 555 g/mol. The number of ether oxygens (including phenoxy) is 1. The van der Waals surface area contributed by atoms with Crippen LogP contribution in [0.1, 0.15) is 22.3 Å². The number of hydrogen-bond donors (Lipinski definition) is 2. The highest BCUT2D eigenvalue weighted by molar-refractivity contribution is 14.0. The van der Waals surface area contributed by atoms with E-state index in [2.05, 4.69) is 37.6 Å². The van der Waals surface area contributed by atoms with Gasteiger partial charge in [0, 0.05) is 32.1 Å². The topological polar surface area (TPSA) is 61.8 Å². The predicted octanol–water partition coefficient (Wildman–Crippen LogP) is 3.52. The Labute approximate surface area is 195 Å². The molecule has 1 saturated heterocycles. The molecule has 1 aromatic heterocycles. The van der Waals surface area contributed by atoms with Gasteiger partial charge in [-0.05, 0) is 5.56 Å². The molecule has 11 heteroatoms. The maximum absolute atomic E-state index is 12.7. The molecule has 30 heavy (non-hydrogen) atoms. The zero-order chi connectivity index (χ0) is 20.7. The minimum absolute atomic E-state index is 0. The van der Waals surface area contributed by atoms with E-state index >= 15 is 0 Å². The molecule has 1 fully saturated rings. The second-order valence-corrected chi connectivity index (χ2v) is 7.45. The van der Waals surface area contributed by atoms with E-state index in [0.29, 0.717) is 30.7 Å². The molecule has 0 radical (unpaired) electrons. The summed E-state index contributed by atoms with van der Waals surface area (Å²) < 4.78 is 43.5. The van der Waals surface area contributed by atoms with Crippen molar-refractivity contribution in [2.24, 2.45) is 4.99 Å². The molecule has 1 unspecified atom stereocenters. The quantitative estimate of drug-likeness (QED) is 0.325. The van der Waals surface area contributed by atoms with Crippen molar-refractivity contribution in [3.05, 3.63) is 52.0 Å². The van der Waals surface area contributed by atoms with Crippen molar-refractivity contribution >= 4 is 41.3 Å². The van der Waals surface area contributed by atoms with E-state index in [1.165, 1.54) is 5.56 Å². The lowest BCUT2D eigenvalue weighted by Gasteiger charge is -2.35. The number of alkyl halides is 3. The molecule has 2 N–H and O–H groups in total. The first-order valence-corrected chi connectivity index (χ1v) is 10.2. The first kappa shape index (κ1) is 24.8. The van der Waals surface area contributed by atoms with Crippen molar-refractivity contribution in [1.82, 2.24) is 20.5 Å². The van der Waals surface area contributed by atoms with Gasteiger partial charge < -0.3 is 15.4 Å². The Morgan fingerprint density at radius 1 is 1.23 bits per heavy atom. The highest BCUT2D eigenvalue weighted by atomic mass is 127. The first-order valence-electron chi connectivity index (χ1n) is 9.30. The van der Waals surface area contributed by atoms with Gasteiger partial charge in [-0.2, -0.15) is 13.2 Å². The number of halogens is 4. The normalized spacial score (nSPS) is 16.6. The fourth-order valence-electron chi connectivity index (χ4n) is 3.12. The Kier molecular flexibility index (Phi) is 9.78. The molecular weight excluding hydrogens is 530 g/mol. The number of rotatable bonds is 6. The average molecular weight is 555 g/mol. The van der Waals surface area contributed by atoms with Crippen LogP contribution < -0.4 is 10.6 Å². The molecule has 0 saturated carbocycles. The minimum atomic E-state index is -4.42. The summed E-state index contributed by atoms with van der Waals surface area (Å²) in [6, 6.07) is 10.3. The molecule has 1 aliphatic rings. The number of aliphatic imine (C=N–C) groups is 1. The molecule has 1 aromatic carbocycles. The largest absolute Gasteiger partial charge is 0.434 e. The maximum Gasteiger partial charge on any atom is 0.434 e. The van der Waals surface area contributed by atoms with Gasteiger partial charge in [-0.25, -0.2) is 4.98 Å². The van der Waals surface area contributed by atoms with E-state index in [4.69, 9.17) is 4.74 Å². The van der Waals surface area contributed by atoms with Gasteiger partial charge in [-0.15, -0.1) is 35.3 Å². The van der Waals surface area contributed by atoms with E-state index in [9.17, 15) is 13.2 Å². The molecule has 0 spiro atoms. The fourth-order valence-corrected chi connectivity index (χ4v) is 3.86. The molecule has 0 aliphatic carbocycles. The van der Waals surface area contributed by atoms with Gasteiger partial charge >= 0.3 is 6.18 Å². The minimum Gasteiger partial charge on any atom is -0.379 e. The van der Waals surface area contributed by atoms with Crippen LogP contribution in [0.3, 0.4) is 0 Å². The van der Waals surface area contributed by atoms with Crippen LogP contribution in [0.4, 0.5) is 13.2 Å². The van der Waals surface area contributed by atoms with Gasteiger partial charge in [-0.3, -0.25) is 9.89 Å². The Bertz CT molecular complexity index is 797. The molecule has 0 amide bonds. The van der Waals surface area contributed by atoms with E-state index in [0.717, 1.165) is 29.8 Å². The van der Waals surface area contributed by atoms with E-state index in [-0.39, 0.29) is 36.6 Å². The molecule has 0 bridgehead atoms. The molecule has 1 aliphatic heterocycles. The van der Waals surface area contributed by atoms with Crippen LogP contribution in [0.5, 0.6) is 0 Å². The van der Waals surface area contributed by atoms with Gasteiger partial charge in [0.1, 0.15) is 5.01 Å². The molecule has 2 aromatic rings. The molecule has 1 atom stereocenters. The zero-order valence-electron chi connectivity index (χ0n) is 16.5. The fraction of sp³-hybridized carbons (Fsp3) is 0.474. The summed E-state index contributed by atoms with van der Waals surface area (Å²) in [5, 5.41) is 7.70. The lowest BCUT2D eigenvalue weighted by atomic mass is 10.0. The second-order valence-electron chi connectivity index (χ2n) is 6.51. The third-order valence-corrected chi connectivity index (χ3v) is 5.46. The SMILES string of the molecule is CN=C(NCc1nc(C(F)(F)F)cs1)NCC(c1ccccc1)N1CCOCC1.I. The molecule has 166 valence electrons. The number of nitrogens with zero attached hydrogens (tertiary/aromatic N) is 3. The van der Waals surface area contributed by atoms with Crippen molar-refractivity contribution < 1.29 is 17.9 Å². The Hall–Kier alpha value is -1.44. The third kappa shape index (κ3) is 7.06. The third-order valence-electron chi connectivity index (χ3n) is 4.61. The standard InChI is InChI=1S/C19H24F3N5OS.HI/c1-23-18(25-12-17-26-16(13-29-17)19(20,21)22)24-11-15(14-5-3-2-4-6-14)27-7-9-28-10-8-27;/h2-6,13,15H,7-12H2,1H3,(H2,23,24,25);1H. The zero-order valence-corrected chi connectivity index (χ0v) is 19.6. The Morgan fingerprint density at radius 3 is 2.53 bits per heavy atom. The number of morpholine rings is 1. The predicted molar refractivity (Wildman–Crippen MR) is 122 cm³/mol. The van der Waals surface area contributed by atoms with Crippen molar-refractivity contribution in [2.45, 2.75) is 18.8 Å². The lowest BCUT2D eigenvalue weighted by Crippen LogP contribution is -2.46. The van der Waals surface area contributed by atoms with Gasteiger partial charge in [-0.1, -0.05) is 30.3 Å². The summed E-state index contributed by atoms with van der Waals surface area (Å²) >= 11 is 0.974. The van der Waals surface area contributed by atoms with Gasteiger partial charge in [0.15, 0.2) is 11.7 Å². The second kappa shape index (κ2) is 11.8. The summed E-state index contributed by atoms with van der Waals surface area (Å²) in [6.45, 7) is 3.85. The van der Waals surface area contributed by atoms with Crippen molar-refractivity contribution in [3.63, 3.8) is 0 Å².